The molecular weight excluding hydrogens is 290 g/mol. The van der Waals surface area contributed by atoms with Crippen LogP contribution in [0, 0.1) is 0 Å². The second kappa shape index (κ2) is 6.45. The number of aliphatic hydroxyl groups is 1. The molecule has 1 aliphatic heterocycles. The first-order valence-corrected chi connectivity index (χ1v) is 7.09. The number of aromatic nitrogens is 2. The fourth-order valence-corrected chi connectivity index (χ4v) is 2.18. The number of rotatable bonds is 2. The van der Waals surface area contributed by atoms with E-state index in [1.807, 2.05) is 0 Å². The molecular formula is C14H21N3O5. The molecule has 0 aliphatic carbocycles. The number of ether oxygens (including phenoxy) is 1. The highest BCUT2D eigenvalue weighted by Gasteiger charge is 2.33. The molecule has 1 aliphatic rings. The summed E-state index contributed by atoms with van der Waals surface area (Å²) < 4.78 is 5.06. The standard InChI is InChI=1S/C14H21N3O5/c1-14(2,3)21-13(20)22-17-5-4-10(11(19)8-17)12-15-6-9(18)7-16-12/h6-7,10-11,18-19H,4-5,8H2,1-3H3. The van der Waals surface area contributed by atoms with E-state index in [1.165, 1.54) is 17.5 Å². The van der Waals surface area contributed by atoms with Gasteiger partial charge in [0.05, 0.1) is 25.0 Å². The molecule has 0 saturated carbocycles. The zero-order valence-electron chi connectivity index (χ0n) is 12.9. The van der Waals surface area contributed by atoms with Gasteiger partial charge in [-0.3, -0.25) is 0 Å². The highest BCUT2D eigenvalue weighted by molar-refractivity contribution is 5.60. The number of β-amino-alcohol motifs (C(OH)–C–C–N with tert-alkyl or cyclic N) is 1. The van der Waals surface area contributed by atoms with Crippen molar-refractivity contribution >= 4 is 6.16 Å². The maximum absolute atomic E-state index is 11.6. The van der Waals surface area contributed by atoms with Crippen LogP contribution < -0.4 is 0 Å². The Morgan fingerprint density at radius 3 is 2.55 bits per heavy atom. The van der Waals surface area contributed by atoms with Gasteiger partial charge in [0, 0.05) is 12.5 Å². The van der Waals surface area contributed by atoms with Crippen LogP contribution in [0.1, 0.15) is 38.9 Å². The van der Waals surface area contributed by atoms with E-state index in [4.69, 9.17) is 9.57 Å². The van der Waals surface area contributed by atoms with Gasteiger partial charge in [-0.05, 0) is 27.2 Å². The molecule has 22 heavy (non-hydrogen) atoms. The Bertz CT molecular complexity index is 514. The van der Waals surface area contributed by atoms with Gasteiger partial charge in [-0.2, -0.15) is 0 Å². The van der Waals surface area contributed by atoms with Gasteiger partial charge in [0.15, 0.2) is 5.75 Å². The lowest BCUT2D eigenvalue weighted by Gasteiger charge is -2.33. The number of carbonyl (C=O) groups excluding carboxylic acids is 1. The number of carbonyl (C=O) groups is 1. The molecule has 2 rings (SSSR count). The first-order chi connectivity index (χ1) is 10.2. The van der Waals surface area contributed by atoms with Crippen molar-refractivity contribution in [2.24, 2.45) is 0 Å². The molecule has 1 aromatic heterocycles. The summed E-state index contributed by atoms with van der Waals surface area (Å²) >= 11 is 0. The molecule has 122 valence electrons. The predicted octanol–water partition coefficient (Wildman–Crippen LogP) is 1.20. The maximum Gasteiger partial charge on any atom is 0.528 e. The fourth-order valence-electron chi connectivity index (χ4n) is 2.18. The van der Waals surface area contributed by atoms with Crippen molar-refractivity contribution < 1.29 is 24.6 Å². The van der Waals surface area contributed by atoms with Crippen molar-refractivity contribution in [3.63, 3.8) is 0 Å². The van der Waals surface area contributed by atoms with Gasteiger partial charge in [0.25, 0.3) is 0 Å². The van der Waals surface area contributed by atoms with Gasteiger partial charge >= 0.3 is 6.16 Å². The summed E-state index contributed by atoms with van der Waals surface area (Å²) in [6, 6.07) is 0. The zero-order valence-corrected chi connectivity index (χ0v) is 12.9. The smallest absolute Gasteiger partial charge is 0.505 e. The molecule has 1 fully saturated rings. The van der Waals surface area contributed by atoms with Crippen LogP contribution in [-0.4, -0.2) is 56.2 Å². The molecule has 0 aromatic carbocycles. The number of piperidine rings is 1. The quantitative estimate of drug-likeness (QED) is 0.785. The second-order valence-corrected chi connectivity index (χ2v) is 6.21. The second-order valence-electron chi connectivity index (χ2n) is 6.21. The highest BCUT2D eigenvalue weighted by Crippen LogP contribution is 2.26. The topological polar surface area (TPSA) is 105 Å². The van der Waals surface area contributed by atoms with Crippen molar-refractivity contribution in [2.45, 2.75) is 44.8 Å². The number of aliphatic hydroxyl groups excluding tert-OH is 1. The third-order valence-corrected chi connectivity index (χ3v) is 3.13. The predicted molar refractivity (Wildman–Crippen MR) is 76.0 cm³/mol. The van der Waals surface area contributed by atoms with E-state index < -0.39 is 17.9 Å². The van der Waals surface area contributed by atoms with Crippen molar-refractivity contribution in [2.75, 3.05) is 13.1 Å². The Labute approximate surface area is 128 Å². The van der Waals surface area contributed by atoms with Gasteiger partial charge in [0.1, 0.15) is 11.4 Å². The van der Waals surface area contributed by atoms with Crippen LogP contribution in [0.4, 0.5) is 4.79 Å². The van der Waals surface area contributed by atoms with Gasteiger partial charge in [0.2, 0.25) is 0 Å². The lowest BCUT2D eigenvalue weighted by molar-refractivity contribution is -0.170. The first kappa shape index (κ1) is 16.4. The van der Waals surface area contributed by atoms with Gasteiger partial charge in [-0.25, -0.2) is 14.8 Å². The highest BCUT2D eigenvalue weighted by atomic mass is 16.8. The molecule has 2 unspecified atom stereocenters. The van der Waals surface area contributed by atoms with Crippen LogP contribution in [0.5, 0.6) is 5.75 Å². The molecule has 2 N–H and O–H groups in total. The number of hydrogen-bond acceptors (Lipinski definition) is 8. The van der Waals surface area contributed by atoms with Crippen LogP contribution in [0.25, 0.3) is 0 Å². The Morgan fingerprint density at radius 1 is 1.36 bits per heavy atom. The van der Waals surface area contributed by atoms with Crippen molar-refractivity contribution in [1.82, 2.24) is 15.0 Å². The summed E-state index contributed by atoms with van der Waals surface area (Å²) in [6.07, 6.45) is 1.53. The Kier molecular flexibility index (Phi) is 4.82. The molecule has 1 aromatic rings. The molecule has 8 heteroatoms. The van der Waals surface area contributed by atoms with Crippen molar-refractivity contribution in [3.05, 3.63) is 18.2 Å². The van der Waals surface area contributed by atoms with Gasteiger partial charge in [-0.1, -0.05) is 0 Å². The molecule has 8 nitrogen and oxygen atoms in total. The van der Waals surface area contributed by atoms with E-state index in [0.717, 1.165) is 0 Å². The van der Waals surface area contributed by atoms with Crippen molar-refractivity contribution in [3.8, 4) is 5.75 Å². The summed E-state index contributed by atoms with van der Waals surface area (Å²) in [6.45, 7) is 5.83. The molecule has 0 bridgehead atoms. The third kappa shape index (κ3) is 4.54. The lowest BCUT2D eigenvalue weighted by Crippen LogP contribution is -2.44. The largest absolute Gasteiger partial charge is 0.528 e. The summed E-state index contributed by atoms with van der Waals surface area (Å²) in [7, 11) is 0. The van der Waals surface area contributed by atoms with E-state index in [2.05, 4.69) is 9.97 Å². The summed E-state index contributed by atoms with van der Waals surface area (Å²) in [5.41, 5.74) is -0.631. The van der Waals surface area contributed by atoms with Crippen LogP contribution in [0.15, 0.2) is 12.4 Å². The Hall–Kier alpha value is -1.93. The minimum Gasteiger partial charge on any atom is -0.505 e. The fraction of sp³-hybridized carbons (Fsp3) is 0.643. The number of aromatic hydroxyl groups is 1. The van der Waals surface area contributed by atoms with Crippen LogP contribution in [0.2, 0.25) is 0 Å². The third-order valence-electron chi connectivity index (χ3n) is 3.13. The van der Waals surface area contributed by atoms with E-state index in [9.17, 15) is 15.0 Å². The average Bonchev–Trinajstić information content (AvgIpc) is 2.38. The van der Waals surface area contributed by atoms with Crippen LogP contribution in [0.3, 0.4) is 0 Å². The number of hydroxylamine groups is 2. The molecule has 1 saturated heterocycles. The number of hydrogen-bond donors (Lipinski definition) is 2. The van der Waals surface area contributed by atoms with Crippen molar-refractivity contribution in [1.29, 1.82) is 0 Å². The zero-order chi connectivity index (χ0) is 16.3. The Morgan fingerprint density at radius 2 is 2.00 bits per heavy atom. The van der Waals surface area contributed by atoms with Gasteiger partial charge in [-0.15, -0.1) is 5.06 Å². The first-order valence-electron chi connectivity index (χ1n) is 7.09. The lowest BCUT2D eigenvalue weighted by atomic mass is 9.94. The maximum atomic E-state index is 11.6. The van der Waals surface area contributed by atoms with E-state index in [-0.39, 0.29) is 18.2 Å². The summed E-state index contributed by atoms with van der Waals surface area (Å²) in [4.78, 5) is 24.7. The molecule has 2 atom stereocenters. The van der Waals surface area contributed by atoms with Crippen LogP contribution >= 0.6 is 0 Å². The number of nitrogens with zero attached hydrogens (tertiary/aromatic N) is 3. The summed E-state index contributed by atoms with van der Waals surface area (Å²) in [5.74, 6) is 0.172. The normalized spacial score (nSPS) is 23.1. The summed E-state index contributed by atoms with van der Waals surface area (Å²) in [5, 5.41) is 20.7. The molecule has 0 radical (unpaired) electrons. The minimum absolute atomic E-state index is 0.0241. The minimum atomic E-state index is -0.793. The monoisotopic (exact) mass is 311 g/mol. The van der Waals surface area contributed by atoms with E-state index in [0.29, 0.717) is 18.8 Å². The van der Waals surface area contributed by atoms with E-state index >= 15 is 0 Å². The van der Waals surface area contributed by atoms with Gasteiger partial charge < -0.3 is 19.8 Å². The SMILES string of the molecule is CC(C)(C)OC(=O)ON1CCC(c2ncc(O)cn2)C(O)C1. The molecule has 0 spiro atoms. The Balaban J connectivity index is 1.90. The molecule has 0 amide bonds. The molecule has 2 heterocycles. The van der Waals surface area contributed by atoms with E-state index in [1.54, 1.807) is 20.8 Å². The van der Waals surface area contributed by atoms with Crippen LogP contribution in [-0.2, 0) is 9.57 Å². The average molecular weight is 311 g/mol.